The van der Waals surface area contributed by atoms with Gasteiger partial charge >= 0.3 is 0 Å². The quantitative estimate of drug-likeness (QED) is 0.130. The van der Waals surface area contributed by atoms with Crippen LogP contribution in [0.25, 0.3) is 0 Å². The van der Waals surface area contributed by atoms with Crippen LogP contribution >= 0.6 is 0 Å². The molecule has 2 saturated carbocycles. The van der Waals surface area contributed by atoms with Gasteiger partial charge in [-0.1, -0.05) is 156 Å². The largest absolute Gasteiger partial charge is 0.368 e. The van der Waals surface area contributed by atoms with E-state index in [-0.39, 0.29) is 11.2 Å². The summed E-state index contributed by atoms with van der Waals surface area (Å²) in [4.78, 5) is 0. The number of rotatable bonds is 24. The van der Waals surface area contributed by atoms with Crippen molar-refractivity contribution in [1.82, 2.24) is 0 Å². The third-order valence-electron chi connectivity index (χ3n) is 9.09. The molecule has 0 aromatic heterocycles. The molecule has 2 aliphatic carbocycles. The van der Waals surface area contributed by atoms with Crippen molar-refractivity contribution in [3.8, 4) is 0 Å². The second kappa shape index (κ2) is 16.6. The van der Waals surface area contributed by atoms with Crippen LogP contribution in [0.15, 0.2) is 0 Å². The Bertz CT molecular complexity index is 431. The first-order valence-corrected chi connectivity index (χ1v) is 15.8. The van der Waals surface area contributed by atoms with Crippen LogP contribution in [-0.4, -0.2) is 11.2 Å². The van der Waals surface area contributed by atoms with E-state index < -0.39 is 0 Å². The van der Waals surface area contributed by atoms with Gasteiger partial charge in [0.15, 0.2) is 0 Å². The maximum absolute atomic E-state index is 7.04. The average Bonchev–Trinajstić information content (AvgIpc) is 3.65. The van der Waals surface area contributed by atoms with Crippen molar-refractivity contribution in [2.45, 2.75) is 193 Å². The van der Waals surface area contributed by atoms with Crippen LogP contribution in [0.3, 0.4) is 0 Å². The Balaban J connectivity index is 1.51. The summed E-state index contributed by atoms with van der Waals surface area (Å²) in [5.41, 5.74) is 0.535. The molecule has 0 radical (unpaired) electrons. The van der Waals surface area contributed by atoms with Gasteiger partial charge in [-0.15, -0.1) is 0 Å². The molecule has 2 fully saturated rings. The van der Waals surface area contributed by atoms with Gasteiger partial charge in [-0.2, -0.15) is 0 Å². The third-order valence-corrected chi connectivity index (χ3v) is 9.09. The minimum Gasteiger partial charge on any atom is -0.368 e. The minimum atomic E-state index is 0.267. The zero-order chi connectivity index (χ0) is 23.8. The Morgan fingerprint density at radius 3 is 0.939 bits per heavy atom. The highest BCUT2D eigenvalue weighted by molar-refractivity contribution is 5.11. The van der Waals surface area contributed by atoms with Crippen molar-refractivity contribution in [2.75, 3.05) is 0 Å². The van der Waals surface area contributed by atoms with Gasteiger partial charge in [0.25, 0.3) is 0 Å². The Hall–Kier alpha value is -0.0400. The number of ether oxygens (including phenoxy) is 1. The van der Waals surface area contributed by atoms with Gasteiger partial charge in [0.05, 0.1) is 11.2 Å². The second-order valence-corrected chi connectivity index (χ2v) is 12.3. The lowest BCUT2D eigenvalue weighted by molar-refractivity contribution is -0.0731. The minimum absolute atomic E-state index is 0.267. The van der Waals surface area contributed by atoms with E-state index in [1.54, 1.807) is 0 Å². The number of hydrogen-bond acceptors (Lipinski definition) is 1. The van der Waals surface area contributed by atoms with E-state index in [4.69, 9.17) is 4.74 Å². The lowest BCUT2D eigenvalue weighted by Crippen LogP contribution is -2.28. The fraction of sp³-hybridized carbons (Fsp3) is 1.00. The Labute approximate surface area is 209 Å². The molecule has 0 saturated heterocycles. The lowest BCUT2D eigenvalue weighted by atomic mass is 10.0. The molecule has 0 N–H and O–H groups in total. The van der Waals surface area contributed by atoms with Gasteiger partial charge in [0.1, 0.15) is 0 Å². The molecule has 4 unspecified atom stereocenters. The van der Waals surface area contributed by atoms with E-state index in [2.05, 4.69) is 27.7 Å². The van der Waals surface area contributed by atoms with Gasteiger partial charge in [0, 0.05) is 0 Å². The molecule has 1 nitrogen and oxygen atoms in total. The van der Waals surface area contributed by atoms with Crippen molar-refractivity contribution in [3.63, 3.8) is 0 Å². The Morgan fingerprint density at radius 2 is 0.697 bits per heavy atom. The molecule has 0 bridgehead atoms. The van der Waals surface area contributed by atoms with Crippen molar-refractivity contribution in [2.24, 2.45) is 11.8 Å². The fourth-order valence-corrected chi connectivity index (χ4v) is 6.23. The molecule has 0 spiro atoms. The molecule has 1 heteroatoms. The highest BCUT2D eigenvalue weighted by Crippen LogP contribution is 2.60. The molecular weight excluding hydrogens is 400 g/mol. The SMILES string of the molecule is CCCCCCCCCCCCC1(OC2(CCCCCCCCCCCC)CC2C)CC1C. The van der Waals surface area contributed by atoms with Crippen molar-refractivity contribution in [3.05, 3.63) is 0 Å². The lowest BCUT2D eigenvalue weighted by Gasteiger charge is -2.27. The van der Waals surface area contributed by atoms with Gasteiger partial charge in [-0.05, 0) is 37.5 Å². The standard InChI is InChI=1S/C32H62O/c1-5-7-9-11-13-15-17-19-21-23-25-31(27-29(31)3)33-32(28-30(32)4)26-24-22-20-18-16-14-12-10-8-6-2/h29-30H,5-28H2,1-4H3. The van der Waals surface area contributed by atoms with Crippen LogP contribution in [0, 0.1) is 11.8 Å². The summed E-state index contributed by atoms with van der Waals surface area (Å²) < 4.78 is 7.04. The first-order valence-electron chi connectivity index (χ1n) is 15.8. The van der Waals surface area contributed by atoms with Crippen LogP contribution in [0.2, 0.25) is 0 Å². The smallest absolute Gasteiger partial charge is 0.0720 e. The Kier molecular flexibility index (Phi) is 14.7. The molecule has 4 atom stereocenters. The molecule has 2 aliphatic rings. The highest BCUT2D eigenvalue weighted by atomic mass is 16.5. The molecule has 2 rings (SSSR count). The summed E-state index contributed by atoms with van der Waals surface area (Å²) in [7, 11) is 0. The Morgan fingerprint density at radius 1 is 0.455 bits per heavy atom. The number of hydrogen-bond donors (Lipinski definition) is 0. The summed E-state index contributed by atoms with van der Waals surface area (Å²) in [5.74, 6) is 1.60. The molecule has 0 heterocycles. The molecule has 0 amide bonds. The third kappa shape index (κ3) is 11.5. The van der Waals surface area contributed by atoms with E-state index in [1.165, 1.54) is 154 Å². The first-order chi connectivity index (χ1) is 16.1. The molecule has 0 aromatic rings. The summed E-state index contributed by atoms with van der Waals surface area (Å²) >= 11 is 0. The van der Waals surface area contributed by atoms with Gasteiger partial charge in [0.2, 0.25) is 0 Å². The molecular formula is C32H62O. The van der Waals surface area contributed by atoms with Crippen LogP contribution < -0.4 is 0 Å². The van der Waals surface area contributed by atoms with E-state index in [0.717, 1.165) is 11.8 Å². The number of unbranched alkanes of at least 4 members (excludes halogenated alkanes) is 18. The van der Waals surface area contributed by atoms with Crippen LogP contribution in [0.5, 0.6) is 0 Å². The van der Waals surface area contributed by atoms with E-state index in [0.29, 0.717) is 0 Å². The average molecular weight is 463 g/mol. The second-order valence-electron chi connectivity index (χ2n) is 12.3. The van der Waals surface area contributed by atoms with Crippen molar-refractivity contribution in [1.29, 1.82) is 0 Å². The summed E-state index contributed by atoms with van der Waals surface area (Å²) in [5, 5.41) is 0. The first kappa shape index (κ1) is 29.2. The maximum atomic E-state index is 7.04. The highest BCUT2D eigenvalue weighted by Gasteiger charge is 2.62. The van der Waals surface area contributed by atoms with E-state index in [9.17, 15) is 0 Å². The molecule has 0 aromatic carbocycles. The topological polar surface area (TPSA) is 9.23 Å². The predicted octanol–water partition coefficient (Wildman–Crippen LogP) is 11.2. The zero-order valence-corrected chi connectivity index (χ0v) is 23.5. The van der Waals surface area contributed by atoms with Crippen LogP contribution in [0.4, 0.5) is 0 Å². The van der Waals surface area contributed by atoms with Crippen molar-refractivity contribution >= 4 is 0 Å². The van der Waals surface area contributed by atoms with E-state index >= 15 is 0 Å². The monoisotopic (exact) mass is 462 g/mol. The van der Waals surface area contributed by atoms with Crippen LogP contribution in [0.1, 0.15) is 182 Å². The molecule has 196 valence electrons. The van der Waals surface area contributed by atoms with Crippen LogP contribution in [-0.2, 0) is 4.74 Å². The zero-order valence-electron chi connectivity index (χ0n) is 23.5. The van der Waals surface area contributed by atoms with Gasteiger partial charge < -0.3 is 4.74 Å². The predicted molar refractivity (Wildman–Crippen MR) is 147 cm³/mol. The summed E-state index contributed by atoms with van der Waals surface area (Å²) in [6, 6.07) is 0. The molecule has 33 heavy (non-hydrogen) atoms. The summed E-state index contributed by atoms with van der Waals surface area (Å²) in [6.45, 7) is 9.50. The molecule has 0 aliphatic heterocycles. The normalized spacial score (nSPS) is 28.4. The van der Waals surface area contributed by atoms with E-state index in [1.807, 2.05) is 0 Å². The van der Waals surface area contributed by atoms with Gasteiger partial charge in [-0.25, -0.2) is 0 Å². The van der Waals surface area contributed by atoms with Crippen molar-refractivity contribution < 1.29 is 4.74 Å². The van der Waals surface area contributed by atoms with Gasteiger partial charge in [-0.3, -0.25) is 0 Å². The summed E-state index contributed by atoms with van der Waals surface area (Å²) in [6.07, 6.45) is 34.0. The maximum Gasteiger partial charge on any atom is 0.0720 e. The fourth-order valence-electron chi connectivity index (χ4n) is 6.23.